The van der Waals surface area contributed by atoms with Gasteiger partial charge < -0.3 is 14.6 Å². The van der Waals surface area contributed by atoms with Gasteiger partial charge in [0, 0.05) is 34.7 Å². The van der Waals surface area contributed by atoms with Crippen molar-refractivity contribution in [2.45, 2.75) is 23.5 Å². The third kappa shape index (κ3) is 4.07. The van der Waals surface area contributed by atoms with E-state index in [1.54, 1.807) is 7.11 Å². The Morgan fingerprint density at radius 3 is 2.75 bits per heavy atom. The van der Waals surface area contributed by atoms with Gasteiger partial charge in [0.1, 0.15) is 12.4 Å². The van der Waals surface area contributed by atoms with E-state index in [9.17, 15) is 5.11 Å². The molecule has 1 saturated heterocycles. The standard InChI is InChI=1S/C15H22O3S2/c1-11-15(20-10-9-19-11)14(16)12-5-3-4-6-13(12)18-8-7-17-2/h3-6,11,14-16H,7-10H2,1-2H3. The lowest BCUT2D eigenvalue weighted by atomic mass is 10.0. The molecule has 1 aliphatic rings. The van der Waals surface area contributed by atoms with E-state index in [-0.39, 0.29) is 5.25 Å². The fraction of sp³-hybridized carbons (Fsp3) is 0.600. The van der Waals surface area contributed by atoms with E-state index in [1.165, 1.54) is 5.75 Å². The molecule has 0 saturated carbocycles. The highest BCUT2D eigenvalue weighted by molar-refractivity contribution is 8.07. The molecule has 1 aromatic rings. The monoisotopic (exact) mass is 314 g/mol. The molecule has 1 N–H and O–H groups in total. The van der Waals surface area contributed by atoms with Crippen LogP contribution in [-0.2, 0) is 4.74 Å². The maximum absolute atomic E-state index is 10.7. The van der Waals surface area contributed by atoms with E-state index in [4.69, 9.17) is 9.47 Å². The third-order valence-electron chi connectivity index (χ3n) is 3.33. The van der Waals surface area contributed by atoms with Gasteiger partial charge in [-0.1, -0.05) is 25.1 Å². The highest BCUT2D eigenvalue weighted by Gasteiger charge is 2.31. The molecule has 0 aromatic heterocycles. The van der Waals surface area contributed by atoms with Crippen LogP contribution in [0, 0.1) is 0 Å². The number of rotatable bonds is 6. The minimum absolute atomic E-state index is 0.223. The topological polar surface area (TPSA) is 38.7 Å². The Morgan fingerprint density at radius 1 is 1.25 bits per heavy atom. The molecule has 0 spiro atoms. The quantitative estimate of drug-likeness (QED) is 0.817. The largest absolute Gasteiger partial charge is 0.491 e. The zero-order chi connectivity index (χ0) is 14.4. The fourth-order valence-electron chi connectivity index (χ4n) is 2.26. The van der Waals surface area contributed by atoms with E-state index in [1.807, 2.05) is 47.8 Å². The van der Waals surface area contributed by atoms with Crippen LogP contribution in [0.15, 0.2) is 24.3 Å². The van der Waals surface area contributed by atoms with Crippen LogP contribution in [0.5, 0.6) is 5.75 Å². The number of benzene rings is 1. The average Bonchev–Trinajstić information content (AvgIpc) is 2.48. The molecule has 112 valence electrons. The lowest BCUT2D eigenvalue weighted by molar-refractivity contribution is 0.137. The van der Waals surface area contributed by atoms with Gasteiger partial charge in [0.15, 0.2) is 0 Å². The predicted octanol–water partition coefficient (Wildman–Crippen LogP) is 2.98. The highest BCUT2D eigenvalue weighted by atomic mass is 32.2. The van der Waals surface area contributed by atoms with Crippen LogP contribution in [0.3, 0.4) is 0 Å². The SMILES string of the molecule is COCCOc1ccccc1C(O)C1SCCSC1C. The van der Waals surface area contributed by atoms with Crippen molar-refractivity contribution >= 4 is 23.5 Å². The molecule has 3 atom stereocenters. The van der Waals surface area contributed by atoms with Gasteiger partial charge in [-0.2, -0.15) is 23.5 Å². The van der Waals surface area contributed by atoms with Crippen molar-refractivity contribution in [3.05, 3.63) is 29.8 Å². The summed E-state index contributed by atoms with van der Waals surface area (Å²) in [6.45, 7) is 3.25. The van der Waals surface area contributed by atoms with Gasteiger partial charge in [-0.25, -0.2) is 0 Å². The maximum Gasteiger partial charge on any atom is 0.125 e. The second-order valence-corrected chi connectivity index (χ2v) is 7.51. The molecule has 3 unspecified atom stereocenters. The summed E-state index contributed by atoms with van der Waals surface area (Å²) in [6, 6.07) is 7.76. The van der Waals surface area contributed by atoms with Crippen LogP contribution in [0.2, 0.25) is 0 Å². The van der Waals surface area contributed by atoms with Crippen LogP contribution in [0.1, 0.15) is 18.6 Å². The molecule has 3 nitrogen and oxygen atoms in total. The first-order chi connectivity index (χ1) is 9.74. The highest BCUT2D eigenvalue weighted by Crippen LogP contribution is 2.40. The second kappa shape index (κ2) is 8.17. The lowest BCUT2D eigenvalue weighted by Crippen LogP contribution is -2.29. The molecular formula is C15H22O3S2. The van der Waals surface area contributed by atoms with Gasteiger partial charge in [0.2, 0.25) is 0 Å². The molecular weight excluding hydrogens is 292 g/mol. The van der Waals surface area contributed by atoms with Crippen molar-refractivity contribution in [3.63, 3.8) is 0 Å². The number of ether oxygens (including phenoxy) is 2. The Kier molecular flexibility index (Phi) is 6.55. The summed E-state index contributed by atoms with van der Waals surface area (Å²) in [5, 5.41) is 11.4. The fourth-order valence-corrected chi connectivity index (χ4v) is 5.09. The number of hydrogen-bond donors (Lipinski definition) is 1. The van der Waals surface area contributed by atoms with Gasteiger partial charge in [-0.05, 0) is 6.07 Å². The number of methoxy groups -OCH3 is 1. The first-order valence-corrected chi connectivity index (χ1v) is 8.95. The van der Waals surface area contributed by atoms with Crippen LogP contribution < -0.4 is 4.74 Å². The molecule has 0 amide bonds. The predicted molar refractivity (Wildman–Crippen MR) is 86.9 cm³/mol. The zero-order valence-corrected chi connectivity index (χ0v) is 13.6. The Labute approximate surface area is 129 Å². The van der Waals surface area contributed by atoms with Gasteiger partial charge >= 0.3 is 0 Å². The number of hydrogen-bond acceptors (Lipinski definition) is 5. The molecule has 5 heteroatoms. The van der Waals surface area contributed by atoms with E-state index in [0.717, 1.165) is 17.1 Å². The Balaban J connectivity index is 2.09. The van der Waals surface area contributed by atoms with Crippen LogP contribution in [0.25, 0.3) is 0 Å². The summed E-state index contributed by atoms with van der Waals surface area (Å²) in [7, 11) is 1.65. The third-order valence-corrected chi connectivity index (χ3v) is 6.51. The molecule has 1 heterocycles. The van der Waals surface area contributed by atoms with Crippen molar-refractivity contribution < 1.29 is 14.6 Å². The zero-order valence-electron chi connectivity index (χ0n) is 12.0. The van der Waals surface area contributed by atoms with E-state index in [0.29, 0.717) is 18.5 Å². The van der Waals surface area contributed by atoms with Crippen molar-refractivity contribution in [2.24, 2.45) is 0 Å². The number of aliphatic hydroxyl groups excluding tert-OH is 1. The number of aliphatic hydroxyl groups is 1. The van der Waals surface area contributed by atoms with Crippen molar-refractivity contribution in [1.29, 1.82) is 0 Å². The summed E-state index contributed by atoms with van der Waals surface area (Å²) in [5.74, 6) is 3.03. The van der Waals surface area contributed by atoms with Crippen LogP contribution in [0.4, 0.5) is 0 Å². The summed E-state index contributed by atoms with van der Waals surface area (Å²) in [4.78, 5) is 0. The minimum atomic E-state index is -0.485. The van der Waals surface area contributed by atoms with Crippen LogP contribution >= 0.6 is 23.5 Å². The Hall–Kier alpha value is -0.360. The van der Waals surface area contributed by atoms with E-state index < -0.39 is 6.10 Å². The van der Waals surface area contributed by atoms with Gasteiger partial charge in [-0.3, -0.25) is 0 Å². The molecule has 0 radical (unpaired) electrons. The summed E-state index contributed by atoms with van der Waals surface area (Å²) >= 11 is 3.80. The molecule has 1 aliphatic heterocycles. The summed E-state index contributed by atoms with van der Waals surface area (Å²) < 4.78 is 10.7. The van der Waals surface area contributed by atoms with Gasteiger partial charge in [-0.15, -0.1) is 0 Å². The molecule has 1 fully saturated rings. The van der Waals surface area contributed by atoms with Crippen molar-refractivity contribution in [3.8, 4) is 5.75 Å². The summed E-state index contributed by atoms with van der Waals surface area (Å²) in [6.07, 6.45) is -0.485. The molecule has 0 aliphatic carbocycles. The van der Waals surface area contributed by atoms with E-state index >= 15 is 0 Å². The van der Waals surface area contributed by atoms with Crippen molar-refractivity contribution in [2.75, 3.05) is 31.8 Å². The number of thioether (sulfide) groups is 2. The number of para-hydroxylation sites is 1. The Morgan fingerprint density at radius 2 is 2.00 bits per heavy atom. The first-order valence-electron chi connectivity index (χ1n) is 6.86. The first kappa shape index (κ1) is 16.0. The molecule has 20 heavy (non-hydrogen) atoms. The summed E-state index contributed by atoms with van der Waals surface area (Å²) in [5.41, 5.74) is 0.885. The lowest BCUT2D eigenvalue weighted by Gasteiger charge is -2.32. The second-order valence-electron chi connectivity index (χ2n) is 4.74. The van der Waals surface area contributed by atoms with Gasteiger partial charge in [0.25, 0.3) is 0 Å². The smallest absolute Gasteiger partial charge is 0.125 e. The average molecular weight is 314 g/mol. The molecule has 1 aromatic carbocycles. The Bertz CT molecular complexity index is 414. The van der Waals surface area contributed by atoms with Gasteiger partial charge in [0.05, 0.1) is 12.7 Å². The normalized spacial score (nSPS) is 24.4. The maximum atomic E-state index is 10.7. The minimum Gasteiger partial charge on any atom is -0.491 e. The molecule has 2 rings (SSSR count). The van der Waals surface area contributed by atoms with E-state index in [2.05, 4.69) is 6.92 Å². The molecule has 0 bridgehead atoms. The van der Waals surface area contributed by atoms with Crippen molar-refractivity contribution in [1.82, 2.24) is 0 Å². The van der Waals surface area contributed by atoms with Crippen LogP contribution in [-0.4, -0.2) is 47.4 Å².